The molecule has 2 heterocycles. The zero-order valence-corrected chi connectivity index (χ0v) is 13.7. The predicted octanol–water partition coefficient (Wildman–Crippen LogP) is 2.12. The number of amides is 1. The van der Waals surface area contributed by atoms with Gasteiger partial charge in [0, 0.05) is 45.2 Å². The number of benzene rings is 1. The zero-order chi connectivity index (χ0) is 16.2. The van der Waals surface area contributed by atoms with E-state index in [-0.39, 0.29) is 5.91 Å². The highest BCUT2D eigenvalue weighted by Crippen LogP contribution is 2.17. The van der Waals surface area contributed by atoms with Gasteiger partial charge >= 0.3 is 0 Å². The molecule has 1 aliphatic rings. The molecule has 1 fully saturated rings. The van der Waals surface area contributed by atoms with Crippen molar-refractivity contribution < 1.29 is 4.79 Å². The number of hydrogen-bond acceptors (Lipinski definition) is 4. The number of piperazine rings is 1. The van der Waals surface area contributed by atoms with Crippen LogP contribution in [0.4, 0.5) is 0 Å². The first-order valence-electron chi connectivity index (χ1n) is 7.99. The van der Waals surface area contributed by atoms with E-state index >= 15 is 0 Å². The molecule has 1 amide bonds. The fourth-order valence-corrected chi connectivity index (χ4v) is 2.77. The lowest BCUT2D eigenvalue weighted by Crippen LogP contribution is -2.47. The number of nitrogens with zero attached hydrogens (tertiary/aromatic N) is 4. The van der Waals surface area contributed by atoms with Crippen molar-refractivity contribution in [2.45, 2.75) is 20.4 Å². The molecule has 1 saturated heterocycles. The van der Waals surface area contributed by atoms with E-state index in [9.17, 15) is 4.79 Å². The van der Waals surface area contributed by atoms with Gasteiger partial charge < -0.3 is 4.90 Å². The molecule has 0 unspecified atom stereocenters. The molecule has 0 atom stereocenters. The summed E-state index contributed by atoms with van der Waals surface area (Å²) in [5, 5.41) is 8.70. The van der Waals surface area contributed by atoms with Gasteiger partial charge in [-0.25, -0.2) is 0 Å². The number of carbonyl (C=O) groups excluding carboxylic acids is 1. The molecule has 3 rings (SSSR count). The molecule has 0 radical (unpaired) electrons. The van der Waals surface area contributed by atoms with Crippen LogP contribution < -0.4 is 0 Å². The summed E-state index contributed by atoms with van der Waals surface area (Å²) >= 11 is 0. The van der Waals surface area contributed by atoms with E-state index in [1.807, 2.05) is 17.0 Å². The molecular formula is C18H22N4O. The second-order valence-electron chi connectivity index (χ2n) is 6.06. The maximum atomic E-state index is 11.3. The van der Waals surface area contributed by atoms with Gasteiger partial charge in [-0.3, -0.25) is 9.69 Å². The minimum absolute atomic E-state index is 0.159. The molecule has 0 N–H and O–H groups in total. The average molecular weight is 310 g/mol. The van der Waals surface area contributed by atoms with Crippen LogP contribution in [-0.2, 0) is 11.3 Å². The number of aromatic nitrogens is 2. The molecule has 1 aromatic carbocycles. The van der Waals surface area contributed by atoms with Gasteiger partial charge in [0.2, 0.25) is 5.91 Å². The standard InChI is InChI=1S/C18H22N4O/c1-14-3-5-16(6-4-14)18-8-7-17(19-20-18)13-21-9-11-22(12-10-21)15(2)23/h3-8H,9-13H2,1-2H3. The van der Waals surface area contributed by atoms with Crippen LogP contribution in [0, 0.1) is 6.92 Å². The third-order valence-electron chi connectivity index (χ3n) is 4.27. The van der Waals surface area contributed by atoms with Gasteiger partial charge in [0.1, 0.15) is 0 Å². The van der Waals surface area contributed by atoms with Gasteiger partial charge in [-0.1, -0.05) is 29.8 Å². The van der Waals surface area contributed by atoms with Gasteiger partial charge in [0.15, 0.2) is 0 Å². The summed E-state index contributed by atoms with van der Waals surface area (Å²) in [5.41, 5.74) is 4.19. The van der Waals surface area contributed by atoms with Crippen LogP contribution >= 0.6 is 0 Å². The van der Waals surface area contributed by atoms with Crippen LogP contribution in [0.5, 0.6) is 0 Å². The third kappa shape index (κ3) is 3.93. The maximum absolute atomic E-state index is 11.3. The summed E-state index contributed by atoms with van der Waals surface area (Å²) in [6.45, 7) is 7.86. The second kappa shape index (κ2) is 6.87. The van der Waals surface area contributed by atoms with E-state index in [4.69, 9.17) is 0 Å². The van der Waals surface area contributed by atoms with Crippen LogP contribution in [0.2, 0.25) is 0 Å². The Morgan fingerprint density at radius 2 is 1.70 bits per heavy atom. The Balaban J connectivity index is 1.60. The van der Waals surface area contributed by atoms with E-state index in [2.05, 4.69) is 46.3 Å². The number of hydrogen-bond donors (Lipinski definition) is 0. The van der Waals surface area contributed by atoms with Gasteiger partial charge in [0.05, 0.1) is 11.4 Å². The summed E-state index contributed by atoms with van der Waals surface area (Å²) in [4.78, 5) is 15.5. The number of carbonyl (C=O) groups is 1. The van der Waals surface area contributed by atoms with Crippen molar-refractivity contribution in [1.29, 1.82) is 0 Å². The monoisotopic (exact) mass is 310 g/mol. The van der Waals surface area contributed by atoms with Crippen LogP contribution in [0.3, 0.4) is 0 Å². The Morgan fingerprint density at radius 3 is 2.26 bits per heavy atom. The van der Waals surface area contributed by atoms with Gasteiger partial charge in [-0.15, -0.1) is 0 Å². The van der Waals surface area contributed by atoms with E-state index in [1.54, 1.807) is 6.92 Å². The lowest BCUT2D eigenvalue weighted by Gasteiger charge is -2.33. The Kier molecular flexibility index (Phi) is 4.67. The van der Waals surface area contributed by atoms with Crippen molar-refractivity contribution >= 4 is 5.91 Å². The van der Waals surface area contributed by atoms with Crippen LogP contribution in [-0.4, -0.2) is 52.1 Å². The largest absolute Gasteiger partial charge is 0.340 e. The van der Waals surface area contributed by atoms with Gasteiger partial charge in [0.25, 0.3) is 0 Å². The molecule has 0 bridgehead atoms. The van der Waals surface area contributed by atoms with Crippen molar-refractivity contribution in [2.24, 2.45) is 0 Å². The molecular weight excluding hydrogens is 288 g/mol. The normalized spacial score (nSPS) is 15.7. The SMILES string of the molecule is CC(=O)N1CCN(Cc2ccc(-c3ccc(C)cc3)nn2)CC1. The van der Waals surface area contributed by atoms with E-state index in [1.165, 1.54) is 5.56 Å². The first-order chi connectivity index (χ1) is 11.1. The summed E-state index contributed by atoms with van der Waals surface area (Å²) in [6, 6.07) is 12.4. The minimum atomic E-state index is 0.159. The number of rotatable bonds is 3. The average Bonchev–Trinajstić information content (AvgIpc) is 2.57. The topological polar surface area (TPSA) is 49.3 Å². The zero-order valence-electron chi connectivity index (χ0n) is 13.7. The van der Waals surface area contributed by atoms with Crippen LogP contribution in [0.25, 0.3) is 11.3 Å². The Hall–Kier alpha value is -2.27. The highest BCUT2D eigenvalue weighted by Gasteiger charge is 2.18. The van der Waals surface area contributed by atoms with E-state index < -0.39 is 0 Å². The first kappa shape index (κ1) is 15.6. The second-order valence-corrected chi connectivity index (χ2v) is 6.06. The van der Waals surface area contributed by atoms with E-state index in [0.717, 1.165) is 49.7 Å². The highest BCUT2D eigenvalue weighted by atomic mass is 16.2. The smallest absolute Gasteiger partial charge is 0.219 e. The van der Waals surface area contributed by atoms with E-state index in [0.29, 0.717) is 0 Å². The van der Waals surface area contributed by atoms with Crippen molar-refractivity contribution in [3.8, 4) is 11.3 Å². The molecule has 5 heteroatoms. The van der Waals surface area contributed by atoms with Crippen molar-refractivity contribution in [1.82, 2.24) is 20.0 Å². The minimum Gasteiger partial charge on any atom is -0.340 e. The lowest BCUT2D eigenvalue weighted by molar-refractivity contribution is -0.130. The Bertz CT molecular complexity index is 658. The van der Waals surface area contributed by atoms with Crippen molar-refractivity contribution in [3.63, 3.8) is 0 Å². The molecule has 23 heavy (non-hydrogen) atoms. The van der Waals surface area contributed by atoms with Crippen molar-refractivity contribution in [2.75, 3.05) is 26.2 Å². The molecule has 1 aromatic heterocycles. The molecule has 1 aliphatic heterocycles. The number of aryl methyl sites for hydroxylation is 1. The fraction of sp³-hybridized carbons (Fsp3) is 0.389. The summed E-state index contributed by atoms with van der Waals surface area (Å²) in [7, 11) is 0. The predicted molar refractivity (Wildman–Crippen MR) is 89.7 cm³/mol. The van der Waals surface area contributed by atoms with Crippen molar-refractivity contribution in [3.05, 3.63) is 47.7 Å². The lowest BCUT2D eigenvalue weighted by atomic mass is 10.1. The fourth-order valence-electron chi connectivity index (χ4n) is 2.77. The Labute approximate surface area is 136 Å². The molecule has 120 valence electrons. The van der Waals surface area contributed by atoms with Gasteiger partial charge in [-0.05, 0) is 19.1 Å². The quantitative estimate of drug-likeness (QED) is 0.871. The Morgan fingerprint density at radius 1 is 1.00 bits per heavy atom. The molecule has 0 saturated carbocycles. The third-order valence-corrected chi connectivity index (χ3v) is 4.27. The first-order valence-corrected chi connectivity index (χ1v) is 7.99. The summed E-state index contributed by atoms with van der Waals surface area (Å²) in [5.74, 6) is 0.159. The molecule has 0 spiro atoms. The van der Waals surface area contributed by atoms with Gasteiger partial charge in [-0.2, -0.15) is 10.2 Å². The summed E-state index contributed by atoms with van der Waals surface area (Å²) < 4.78 is 0. The maximum Gasteiger partial charge on any atom is 0.219 e. The summed E-state index contributed by atoms with van der Waals surface area (Å²) in [6.07, 6.45) is 0. The molecule has 5 nitrogen and oxygen atoms in total. The molecule has 0 aliphatic carbocycles. The highest BCUT2D eigenvalue weighted by molar-refractivity contribution is 5.73. The molecule has 2 aromatic rings. The van der Waals surface area contributed by atoms with Crippen LogP contribution in [0.15, 0.2) is 36.4 Å². The van der Waals surface area contributed by atoms with Crippen LogP contribution in [0.1, 0.15) is 18.2 Å².